The van der Waals surface area contributed by atoms with Gasteiger partial charge in [0.25, 0.3) is 0 Å². The van der Waals surface area contributed by atoms with Gasteiger partial charge in [0.15, 0.2) is 0 Å². The average molecular weight is 157 g/mol. The van der Waals surface area contributed by atoms with E-state index in [9.17, 15) is 4.79 Å². The Morgan fingerprint density at radius 1 is 1.55 bits per heavy atom. The average Bonchev–Trinajstić information content (AvgIpc) is 2.01. The van der Waals surface area contributed by atoms with E-state index in [-0.39, 0.29) is 17.1 Å². The van der Waals surface area contributed by atoms with E-state index in [0.29, 0.717) is 6.54 Å². The minimum atomic E-state index is -0.338. The lowest BCUT2D eigenvalue weighted by Crippen LogP contribution is -2.36. The van der Waals surface area contributed by atoms with Crippen molar-refractivity contribution >= 4 is 5.78 Å². The number of Topliss-reactive ketones (excluding diaryl/α,β-unsaturated/α-hetero) is 1. The summed E-state index contributed by atoms with van der Waals surface area (Å²) in [5, 5.41) is 0. The van der Waals surface area contributed by atoms with Crippen LogP contribution < -0.4 is 5.73 Å². The molecule has 11 heavy (non-hydrogen) atoms. The lowest BCUT2D eigenvalue weighted by atomic mass is 9.81. The molecule has 0 amide bonds. The summed E-state index contributed by atoms with van der Waals surface area (Å²) in [4.78, 5) is 11.5. The highest BCUT2D eigenvalue weighted by molar-refractivity contribution is 5.86. The number of carbonyl (C=O) groups is 1. The molecule has 2 N–H and O–H groups in total. The molecule has 0 aromatic rings. The van der Waals surface area contributed by atoms with Gasteiger partial charge in [-0.15, -0.1) is 0 Å². The third-order valence-electron chi connectivity index (χ3n) is 2.24. The van der Waals surface area contributed by atoms with Crippen molar-refractivity contribution in [2.45, 2.75) is 34.1 Å². The van der Waals surface area contributed by atoms with Crippen molar-refractivity contribution in [1.82, 2.24) is 0 Å². The maximum Gasteiger partial charge on any atom is 0.142 e. The second kappa shape index (κ2) is 3.86. The standard InChI is InChI=1S/C9H19NO/c1-5-7(2)8(11)9(3,4)6-10/h7H,5-6,10H2,1-4H3. The van der Waals surface area contributed by atoms with E-state index >= 15 is 0 Å². The molecule has 0 spiro atoms. The number of nitrogens with two attached hydrogens (primary N) is 1. The molecule has 0 fully saturated rings. The zero-order valence-electron chi connectivity index (χ0n) is 7.98. The zero-order chi connectivity index (χ0) is 9.07. The Bertz CT molecular complexity index is 140. The summed E-state index contributed by atoms with van der Waals surface area (Å²) >= 11 is 0. The number of ketones is 1. The Hall–Kier alpha value is -0.370. The largest absolute Gasteiger partial charge is 0.329 e. The maximum absolute atomic E-state index is 11.5. The van der Waals surface area contributed by atoms with Crippen LogP contribution in [0.25, 0.3) is 0 Å². The van der Waals surface area contributed by atoms with Gasteiger partial charge in [0.2, 0.25) is 0 Å². The topological polar surface area (TPSA) is 43.1 Å². The van der Waals surface area contributed by atoms with Crippen molar-refractivity contribution in [3.05, 3.63) is 0 Å². The van der Waals surface area contributed by atoms with E-state index in [4.69, 9.17) is 5.73 Å². The van der Waals surface area contributed by atoms with E-state index < -0.39 is 0 Å². The molecule has 0 saturated heterocycles. The molecular weight excluding hydrogens is 138 g/mol. The van der Waals surface area contributed by atoms with Crippen LogP contribution in [0.1, 0.15) is 34.1 Å². The third-order valence-corrected chi connectivity index (χ3v) is 2.24. The van der Waals surface area contributed by atoms with Gasteiger partial charge in [-0.25, -0.2) is 0 Å². The lowest BCUT2D eigenvalue weighted by molar-refractivity contribution is -0.130. The Morgan fingerprint density at radius 2 is 2.00 bits per heavy atom. The van der Waals surface area contributed by atoms with Crippen LogP contribution in [0.2, 0.25) is 0 Å². The van der Waals surface area contributed by atoms with E-state index in [2.05, 4.69) is 0 Å². The summed E-state index contributed by atoms with van der Waals surface area (Å²) in [6, 6.07) is 0. The Morgan fingerprint density at radius 3 is 2.27 bits per heavy atom. The molecule has 0 rings (SSSR count). The van der Waals surface area contributed by atoms with Gasteiger partial charge in [-0.2, -0.15) is 0 Å². The van der Waals surface area contributed by atoms with Crippen LogP contribution >= 0.6 is 0 Å². The van der Waals surface area contributed by atoms with Gasteiger partial charge in [-0.3, -0.25) is 4.79 Å². The Kier molecular flexibility index (Phi) is 3.73. The molecule has 0 aliphatic rings. The monoisotopic (exact) mass is 157 g/mol. The van der Waals surface area contributed by atoms with Gasteiger partial charge >= 0.3 is 0 Å². The number of hydrogen-bond donors (Lipinski definition) is 1. The van der Waals surface area contributed by atoms with Crippen LogP contribution in [0.5, 0.6) is 0 Å². The van der Waals surface area contributed by atoms with E-state index in [0.717, 1.165) is 6.42 Å². The van der Waals surface area contributed by atoms with E-state index in [1.807, 2.05) is 27.7 Å². The van der Waals surface area contributed by atoms with Gasteiger partial charge in [0.1, 0.15) is 5.78 Å². The third kappa shape index (κ3) is 2.62. The smallest absolute Gasteiger partial charge is 0.142 e. The molecule has 1 atom stereocenters. The summed E-state index contributed by atoms with van der Waals surface area (Å²) in [5.74, 6) is 0.427. The molecular formula is C9H19NO. The minimum Gasteiger partial charge on any atom is -0.329 e. The first-order valence-corrected chi connectivity index (χ1v) is 4.20. The van der Waals surface area contributed by atoms with Gasteiger partial charge in [-0.1, -0.05) is 27.7 Å². The lowest BCUT2D eigenvalue weighted by Gasteiger charge is -2.23. The summed E-state index contributed by atoms with van der Waals surface area (Å²) in [6.07, 6.45) is 0.905. The molecule has 1 unspecified atom stereocenters. The Balaban J connectivity index is 4.23. The van der Waals surface area contributed by atoms with Crippen molar-refractivity contribution in [2.24, 2.45) is 17.1 Å². The first-order valence-electron chi connectivity index (χ1n) is 4.20. The van der Waals surface area contributed by atoms with Crippen molar-refractivity contribution in [2.75, 3.05) is 6.54 Å². The van der Waals surface area contributed by atoms with E-state index in [1.165, 1.54) is 0 Å². The number of rotatable bonds is 4. The first-order chi connectivity index (χ1) is 4.95. The molecule has 0 bridgehead atoms. The number of hydrogen-bond acceptors (Lipinski definition) is 2. The Labute approximate surface area is 69.2 Å². The second-order valence-corrected chi connectivity index (χ2v) is 3.76. The highest BCUT2D eigenvalue weighted by atomic mass is 16.1. The quantitative estimate of drug-likeness (QED) is 0.673. The SMILES string of the molecule is CCC(C)C(=O)C(C)(C)CN. The van der Waals surface area contributed by atoms with Crippen LogP contribution in [0.4, 0.5) is 0 Å². The molecule has 0 radical (unpaired) electrons. The molecule has 0 aliphatic carbocycles. The second-order valence-electron chi connectivity index (χ2n) is 3.76. The molecule has 2 heteroatoms. The van der Waals surface area contributed by atoms with Crippen molar-refractivity contribution in [3.63, 3.8) is 0 Å². The van der Waals surface area contributed by atoms with Gasteiger partial charge in [0, 0.05) is 17.9 Å². The molecule has 0 aliphatic heterocycles. The normalized spacial score (nSPS) is 14.6. The fourth-order valence-corrected chi connectivity index (χ4v) is 0.953. The fraction of sp³-hybridized carbons (Fsp3) is 0.889. The van der Waals surface area contributed by atoms with Crippen molar-refractivity contribution in [1.29, 1.82) is 0 Å². The number of carbonyl (C=O) groups excluding carboxylic acids is 1. The van der Waals surface area contributed by atoms with Crippen LogP contribution in [0.3, 0.4) is 0 Å². The molecule has 0 aromatic heterocycles. The van der Waals surface area contributed by atoms with Crippen LogP contribution in [0, 0.1) is 11.3 Å². The van der Waals surface area contributed by atoms with Crippen LogP contribution in [-0.4, -0.2) is 12.3 Å². The maximum atomic E-state index is 11.5. The molecule has 0 heterocycles. The molecule has 66 valence electrons. The van der Waals surface area contributed by atoms with Crippen molar-refractivity contribution < 1.29 is 4.79 Å². The predicted octanol–water partition coefficient (Wildman–Crippen LogP) is 1.59. The van der Waals surface area contributed by atoms with E-state index in [1.54, 1.807) is 0 Å². The molecule has 0 aromatic carbocycles. The highest BCUT2D eigenvalue weighted by Crippen LogP contribution is 2.21. The van der Waals surface area contributed by atoms with Gasteiger partial charge < -0.3 is 5.73 Å². The van der Waals surface area contributed by atoms with Crippen molar-refractivity contribution in [3.8, 4) is 0 Å². The summed E-state index contributed by atoms with van der Waals surface area (Å²) < 4.78 is 0. The molecule has 0 saturated carbocycles. The fourth-order valence-electron chi connectivity index (χ4n) is 0.953. The van der Waals surface area contributed by atoms with Gasteiger partial charge in [-0.05, 0) is 6.42 Å². The summed E-state index contributed by atoms with van der Waals surface area (Å²) in [6.45, 7) is 8.23. The summed E-state index contributed by atoms with van der Waals surface area (Å²) in [5.41, 5.74) is 5.14. The minimum absolute atomic E-state index is 0.147. The first kappa shape index (κ1) is 10.6. The summed E-state index contributed by atoms with van der Waals surface area (Å²) in [7, 11) is 0. The predicted molar refractivity (Wildman–Crippen MR) is 47.3 cm³/mol. The van der Waals surface area contributed by atoms with Crippen LogP contribution in [0.15, 0.2) is 0 Å². The zero-order valence-corrected chi connectivity index (χ0v) is 7.98. The molecule has 2 nitrogen and oxygen atoms in total. The van der Waals surface area contributed by atoms with Crippen LogP contribution in [-0.2, 0) is 4.79 Å². The highest BCUT2D eigenvalue weighted by Gasteiger charge is 2.28. The van der Waals surface area contributed by atoms with Gasteiger partial charge in [0.05, 0.1) is 0 Å².